The first kappa shape index (κ1) is 39.3. The van der Waals surface area contributed by atoms with E-state index in [4.69, 9.17) is 29.2 Å². The van der Waals surface area contributed by atoms with Crippen LogP contribution in [0, 0.1) is 0 Å². The van der Waals surface area contributed by atoms with Crippen molar-refractivity contribution in [3.63, 3.8) is 0 Å². The molecule has 0 fully saturated rings. The van der Waals surface area contributed by atoms with Crippen molar-refractivity contribution in [3.05, 3.63) is 48.6 Å². The van der Waals surface area contributed by atoms with Crippen LogP contribution in [0.25, 0.3) is 0 Å². The Bertz CT molecular complexity index is 765. The lowest BCUT2D eigenvalue weighted by Gasteiger charge is -2.13. The van der Waals surface area contributed by atoms with E-state index < -0.39 is 11.9 Å². The van der Waals surface area contributed by atoms with Crippen LogP contribution in [0.1, 0.15) is 67.2 Å². The molecule has 0 aliphatic carbocycles. The van der Waals surface area contributed by atoms with Gasteiger partial charge in [0, 0.05) is 35.3 Å². The largest absolute Gasteiger partial charge is 0.462 e. The van der Waals surface area contributed by atoms with E-state index in [1.54, 1.807) is 41.5 Å². The first-order chi connectivity index (χ1) is 17.6. The zero-order chi connectivity index (χ0) is 30.3. The molecular formula is C28H46O10. The Morgan fingerprint density at radius 3 is 1.24 bits per heavy atom. The molecule has 2 unspecified atom stereocenters. The molecule has 10 nitrogen and oxygen atoms in total. The molecule has 0 amide bonds. The predicted molar refractivity (Wildman–Crippen MR) is 145 cm³/mol. The molecule has 0 aromatic carbocycles. The molecule has 0 aromatic heterocycles. The van der Waals surface area contributed by atoms with E-state index in [1.165, 1.54) is 0 Å². The summed E-state index contributed by atoms with van der Waals surface area (Å²) >= 11 is 0. The van der Waals surface area contributed by atoms with E-state index in [1.807, 2.05) is 0 Å². The Morgan fingerprint density at radius 1 is 0.632 bits per heavy atom. The summed E-state index contributed by atoms with van der Waals surface area (Å²) < 4.78 is 19.6. The minimum Gasteiger partial charge on any atom is -0.462 e. The van der Waals surface area contributed by atoms with Gasteiger partial charge in [0.15, 0.2) is 0 Å². The number of ether oxygens (including phenoxy) is 4. The molecule has 0 saturated heterocycles. The van der Waals surface area contributed by atoms with Gasteiger partial charge >= 0.3 is 23.9 Å². The van der Waals surface area contributed by atoms with E-state index in [0.29, 0.717) is 61.2 Å². The topological polar surface area (TPSA) is 146 Å². The molecule has 0 saturated carbocycles. The quantitative estimate of drug-likeness (QED) is 0.136. The van der Waals surface area contributed by atoms with Gasteiger partial charge in [-0.25, -0.2) is 19.2 Å². The maximum Gasteiger partial charge on any atom is 0.333 e. The second-order valence-corrected chi connectivity index (χ2v) is 8.60. The average molecular weight is 543 g/mol. The molecule has 0 rings (SSSR count). The molecule has 0 spiro atoms. The Balaban J connectivity index is -0.000000532. The first-order valence-corrected chi connectivity index (χ1v) is 12.2. The lowest BCUT2D eigenvalue weighted by molar-refractivity contribution is -0.145. The van der Waals surface area contributed by atoms with Gasteiger partial charge in [0.05, 0.1) is 25.9 Å². The van der Waals surface area contributed by atoms with Crippen LogP contribution < -0.4 is 0 Å². The maximum absolute atomic E-state index is 11.1. The number of esters is 4. The van der Waals surface area contributed by atoms with Gasteiger partial charge in [-0.05, 0) is 60.8 Å². The summed E-state index contributed by atoms with van der Waals surface area (Å²) in [7, 11) is 0. The fourth-order valence-electron chi connectivity index (χ4n) is 1.75. The van der Waals surface area contributed by atoms with Gasteiger partial charge in [-0.2, -0.15) is 0 Å². The fraction of sp³-hybridized carbons (Fsp3) is 0.571. The number of aliphatic hydroxyl groups is 2. The van der Waals surface area contributed by atoms with Gasteiger partial charge in [-0.15, -0.1) is 0 Å². The zero-order valence-corrected chi connectivity index (χ0v) is 23.8. The van der Waals surface area contributed by atoms with E-state index in [2.05, 4.69) is 26.3 Å². The van der Waals surface area contributed by atoms with Gasteiger partial charge in [0.25, 0.3) is 0 Å². The molecule has 10 heteroatoms. The molecular weight excluding hydrogens is 496 g/mol. The molecule has 218 valence electrons. The maximum atomic E-state index is 11.1. The number of rotatable bonds is 15. The highest BCUT2D eigenvalue weighted by molar-refractivity contribution is 5.88. The van der Waals surface area contributed by atoms with E-state index in [0.717, 1.165) is 0 Å². The van der Waals surface area contributed by atoms with Crippen LogP contribution in [0.4, 0.5) is 0 Å². The van der Waals surface area contributed by atoms with Crippen LogP contribution in [-0.4, -0.2) is 72.7 Å². The molecule has 0 aromatic rings. The van der Waals surface area contributed by atoms with Crippen LogP contribution in [0.2, 0.25) is 0 Å². The Morgan fingerprint density at radius 2 is 0.974 bits per heavy atom. The SMILES string of the molecule is C=C(C)C(=O)OCCC(C)OC(=O)C(=C)C.C=C(C)C(=O)OCCCCOC(=O)C(=C)C.CC(O)CCO. The summed E-state index contributed by atoms with van der Waals surface area (Å²) in [5.74, 6) is -1.64. The summed E-state index contributed by atoms with van der Waals surface area (Å²) in [6, 6.07) is 0. The zero-order valence-electron chi connectivity index (χ0n) is 23.8. The number of carbonyl (C=O) groups is 4. The number of hydrogen-bond donors (Lipinski definition) is 2. The molecule has 0 aliphatic heterocycles. The van der Waals surface area contributed by atoms with Crippen LogP contribution in [-0.2, 0) is 38.1 Å². The number of hydrogen-bond acceptors (Lipinski definition) is 10. The van der Waals surface area contributed by atoms with Gasteiger partial charge in [0.2, 0.25) is 0 Å². The molecule has 2 N–H and O–H groups in total. The van der Waals surface area contributed by atoms with Crippen LogP contribution in [0.3, 0.4) is 0 Å². The lowest BCUT2D eigenvalue weighted by atomic mass is 10.3. The fourth-order valence-corrected chi connectivity index (χ4v) is 1.75. The normalized spacial score (nSPS) is 11.1. The number of unbranched alkanes of at least 4 members (excludes halogenated alkanes) is 1. The monoisotopic (exact) mass is 542 g/mol. The molecule has 0 bridgehead atoms. The predicted octanol–water partition coefficient (Wildman–Crippen LogP) is 3.76. The summed E-state index contributed by atoms with van der Waals surface area (Å²) in [6.07, 6.45) is 1.60. The van der Waals surface area contributed by atoms with E-state index in [9.17, 15) is 19.2 Å². The van der Waals surface area contributed by atoms with Crippen molar-refractivity contribution in [1.29, 1.82) is 0 Å². The summed E-state index contributed by atoms with van der Waals surface area (Å²) in [5, 5.41) is 16.5. The summed E-state index contributed by atoms with van der Waals surface area (Å²) in [6.45, 7) is 24.5. The van der Waals surface area contributed by atoms with Crippen molar-refractivity contribution in [2.75, 3.05) is 26.4 Å². The number of aliphatic hydroxyl groups excluding tert-OH is 2. The van der Waals surface area contributed by atoms with E-state index in [-0.39, 0.29) is 37.4 Å². The van der Waals surface area contributed by atoms with Gasteiger partial charge in [0.1, 0.15) is 6.10 Å². The Kier molecular flexibility index (Phi) is 24.9. The van der Waals surface area contributed by atoms with Crippen molar-refractivity contribution < 1.29 is 48.3 Å². The minimum atomic E-state index is -0.432. The van der Waals surface area contributed by atoms with Crippen LogP contribution in [0.15, 0.2) is 48.6 Å². The third kappa shape index (κ3) is 27.3. The molecule has 0 aliphatic rings. The molecule has 0 heterocycles. The highest BCUT2D eigenvalue weighted by atomic mass is 16.6. The smallest absolute Gasteiger partial charge is 0.333 e. The molecule has 38 heavy (non-hydrogen) atoms. The highest BCUT2D eigenvalue weighted by Gasteiger charge is 2.11. The van der Waals surface area contributed by atoms with E-state index >= 15 is 0 Å². The van der Waals surface area contributed by atoms with Gasteiger partial charge in [-0.3, -0.25) is 0 Å². The second kappa shape index (κ2) is 24.1. The third-order valence-electron chi connectivity index (χ3n) is 4.01. The Labute approximate surface area is 227 Å². The highest BCUT2D eigenvalue weighted by Crippen LogP contribution is 2.03. The summed E-state index contributed by atoms with van der Waals surface area (Å²) in [4.78, 5) is 44.0. The lowest BCUT2D eigenvalue weighted by Crippen LogP contribution is -2.18. The standard InChI is InChI=1S/2C12H18O4.C4H10O2/c1-8(2)11(13)15-7-6-10(5)16-12(14)9(3)4;1-9(2)11(13)15-7-5-6-8-16-12(14)10(3)4;1-4(6)2-3-5/h10H,1,3,6-7H2,2,4-5H3;1,3,5-8H2,2,4H3;4-6H,2-3H2,1H3. The van der Waals surface area contributed by atoms with Crippen molar-refractivity contribution in [1.82, 2.24) is 0 Å². The van der Waals surface area contributed by atoms with Crippen molar-refractivity contribution >= 4 is 23.9 Å². The third-order valence-corrected chi connectivity index (χ3v) is 4.01. The molecule has 2 atom stereocenters. The number of carbonyl (C=O) groups excluding carboxylic acids is 4. The summed E-state index contributed by atoms with van der Waals surface area (Å²) in [5.41, 5.74) is 1.47. The minimum absolute atomic E-state index is 0.0810. The Hall–Kier alpha value is -3.24. The first-order valence-electron chi connectivity index (χ1n) is 12.2. The average Bonchev–Trinajstić information content (AvgIpc) is 2.81. The van der Waals surface area contributed by atoms with Crippen molar-refractivity contribution in [2.45, 2.75) is 79.4 Å². The van der Waals surface area contributed by atoms with Gasteiger partial charge in [-0.1, -0.05) is 26.3 Å². The van der Waals surface area contributed by atoms with Crippen LogP contribution in [0.5, 0.6) is 0 Å². The van der Waals surface area contributed by atoms with Crippen LogP contribution >= 0.6 is 0 Å². The van der Waals surface area contributed by atoms with Crippen molar-refractivity contribution in [3.8, 4) is 0 Å². The molecule has 0 radical (unpaired) electrons. The van der Waals surface area contributed by atoms with Crippen molar-refractivity contribution in [2.24, 2.45) is 0 Å². The van der Waals surface area contributed by atoms with Gasteiger partial charge < -0.3 is 29.2 Å². The second-order valence-electron chi connectivity index (χ2n) is 8.60.